The van der Waals surface area contributed by atoms with E-state index in [-0.39, 0.29) is 18.9 Å². The molecule has 0 radical (unpaired) electrons. The van der Waals surface area contributed by atoms with E-state index in [0.29, 0.717) is 19.3 Å². The summed E-state index contributed by atoms with van der Waals surface area (Å²) in [7, 11) is 0. The van der Waals surface area contributed by atoms with Crippen molar-refractivity contribution in [3.8, 4) is 0 Å². The largest absolute Gasteiger partial charge is 0.394 e. The number of ether oxygens (including phenoxy) is 4. The predicted molar refractivity (Wildman–Crippen MR) is 295 cm³/mol. The molecule has 1 amide bonds. The van der Waals surface area contributed by atoms with Gasteiger partial charge in [-0.1, -0.05) is 194 Å². The maximum absolute atomic E-state index is 13.2. The van der Waals surface area contributed by atoms with Gasteiger partial charge in [-0.2, -0.15) is 0 Å². The zero-order chi connectivity index (χ0) is 53.9. The van der Waals surface area contributed by atoms with E-state index < -0.39 is 86.8 Å². The fraction of sp³-hybridized carbons (Fsp3) is 0.683. The van der Waals surface area contributed by atoms with Gasteiger partial charge in [0.15, 0.2) is 12.6 Å². The van der Waals surface area contributed by atoms with E-state index in [1.165, 1.54) is 44.9 Å². The molecule has 0 aromatic carbocycles. The Bertz CT molecular complexity index is 1650. The van der Waals surface area contributed by atoms with Gasteiger partial charge < -0.3 is 65.1 Å². The molecule has 14 nitrogen and oxygen atoms in total. The molecule has 2 saturated heterocycles. The summed E-state index contributed by atoms with van der Waals surface area (Å²) < 4.78 is 22.7. The number of rotatable bonds is 42. The average molecular weight is 1040 g/mol. The fourth-order valence-corrected chi connectivity index (χ4v) is 8.47. The Hall–Kier alpha value is -3.35. The predicted octanol–water partition coefficient (Wildman–Crippen LogP) is 8.88. The molecule has 74 heavy (non-hydrogen) atoms. The number of amides is 1. The highest BCUT2D eigenvalue weighted by molar-refractivity contribution is 5.76. The van der Waals surface area contributed by atoms with Crippen LogP contribution in [0.15, 0.2) is 109 Å². The molecule has 2 fully saturated rings. The first-order valence-electron chi connectivity index (χ1n) is 28.1. The summed E-state index contributed by atoms with van der Waals surface area (Å²) in [6, 6.07) is -0.866. The minimum absolute atomic E-state index is 0.216. The van der Waals surface area contributed by atoms with Crippen molar-refractivity contribution in [1.82, 2.24) is 5.32 Å². The quantitative estimate of drug-likeness (QED) is 0.0206. The monoisotopic (exact) mass is 1040 g/mol. The Morgan fingerprint density at radius 1 is 0.500 bits per heavy atom. The molecule has 14 heteroatoms. The Morgan fingerprint density at radius 3 is 1.38 bits per heavy atom. The normalized spacial score (nSPS) is 26.1. The van der Waals surface area contributed by atoms with Crippen molar-refractivity contribution in [3.05, 3.63) is 109 Å². The van der Waals surface area contributed by atoms with Crippen LogP contribution in [0.4, 0.5) is 0 Å². The lowest BCUT2D eigenvalue weighted by Crippen LogP contribution is -2.65. The molecule has 2 heterocycles. The number of carbonyl (C=O) groups excluding carboxylic acids is 1. The number of aliphatic hydroxyl groups excluding tert-OH is 8. The van der Waals surface area contributed by atoms with Crippen LogP contribution in [-0.2, 0) is 23.7 Å². The second-order valence-electron chi connectivity index (χ2n) is 19.3. The summed E-state index contributed by atoms with van der Waals surface area (Å²) in [6.07, 6.45) is 45.3. The molecule has 9 N–H and O–H groups in total. The van der Waals surface area contributed by atoms with Crippen LogP contribution in [0.1, 0.15) is 168 Å². The highest BCUT2D eigenvalue weighted by atomic mass is 16.7. The number of aliphatic hydroxyl groups is 8. The van der Waals surface area contributed by atoms with Crippen molar-refractivity contribution in [1.29, 1.82) is 0 Å². The number of carbonyl (C=O) groups is 1. The molecule has 2 aliphatic heterocycles. The maximum atomic E-state index is 13.2. The number of unbranched alkanes of at least 4 members (excludes halogenated alkanes) is 11. The lowest BCUT2D eigenvalue weighted by molar-refractivity contribution is -0.359. The Morgan fingerprint density at radius 2 is 0.919 bits per heavy atom. The van der Waals surface area contributed by atoms with Gasteiger partial charge >= 0.3 is 0 Å². The lowest BCUT2D eigenvalue weighted by Gasteiger charge is -2.46. The summed E-state index contributed by atoms with van der Waals surface area (Å²) in [5.41, 5.74) is 0. The van der Waals surface area contributed by atoms with E-state index in [4.69, 9.17) is 18.9 Å². The first-order chi connectivity index (χ1) is 36.1. The average Bonchev–Trinajstić information content (AvgIpc) is 3.40. The highest BCUT2D eigenvalue weighted by Gasteiger charge is 2.51. The van der Waals surface area contributed by atoms with E-state index >= 15 is 0 Å². The smallest absolute Gasteiger partial charge is 0.220 e. The van der Waals surface area contributed by atoms with Gasteiger partial charge in [0.1, 0.15) is 48.8 Å². The summed E-state index contributed by atoms with van der Waals surface area (Å²) in [5, 5.41) is 86.9. The van der Waals surface area contributed by atoms with E-state index in [2.05, 4.69) is 129 Å². The third-order valence-electron chi connectivity index (χ3n) is 13.0. The molecular weight excluding hydrogens is 943 g/mol. The van der Waals surface area contributed by atoms with Crippen LogP contribution in [0.25, 0.3) is 0 Å². The van der Waals surface area contributed by atoms with E-state index in [1.807, 2.05) is 0 Å². The van der Waals surface area contributed by atoms with Crippen molar-refractivity contribution >= 4 is 5.91 Å². The molecule has 0 saturated carbocycles. The molecule has 0 aliphatic carbocycles. The maximum Gasteiger partial charge on any atom is 0.220 e. The van der Waals surface area contributed by atoms with Crippen LogP contribution >= 0.6 is 0 Å². The van der Waals surface area contributed by atoms with Gasteiger partial charge in [-0.3, -0.25) is 4.79 Å². The van der Waals surface area contributed by atoms with Crippen LogP contribution in [-0.4, -0.2) is 140 Å². The zero-order valence-electron chi connectivity index (χ0n) is 45.0. The van der Waals surface area contributed by atoms with E-state index in [0.717, 1.165) is 83.5 Å². The fourth-order valence-electron chi connectivity index (χ4n) is 8.47. The first-order valence-corrected chi connectivity index (χ1v) is 28.1. The van der Waals surface area contributed by atoms with Crippen LogP contribution in [0, 0.1) is 0 Å². The van der Waals surface area contributed by atoms with Crippen LogP contribution in [0.3, 0.4) is 0 Å². The van der Waals surface area contributed by atoms with Crippen LogP contribution < -0.4 is 5.32 Å². The minimum Gasteiger partial charge on any atom is -0.394 e. The topological polar surface area (TPSA) is 228 Å². The zero-order valence-corrected chi connectivity index (χ0v) is 45.0. The Kier molecular flexibility index (Phi) is 40.4. The third kappa shape index (κ3) is 30.4. The Labute approximate surface area is 445 Å². The molecule has 12 atom stereocenters. The summed E-state index contributed by atoms with van der Waals surface area (Å²) in [4.78, 5) is 13.2. The van der Waals surface area contributed by atoms with Gasteiger partial charge in [-0.15, -0.1) is 0 Å². The van der Waals surface area contributed by atoms with Crippen LogP contribution in [0.5, 0.6) is 0 Å². The number of allylic oxidation sites excluding steroid dienone is 18. The molecule has 0 aromatic rings. The molecule has 0 aromatic heterocycles. The van der Waals surface area contributed by atoms with E-state index in [1.54, 1.807) is 0 Å². The second kappa shape index (κ2) is 44.7. The van der Waals surface area contributed by atoms with Crippen molar-refractivity contribution in [3.63, 3.8) is 0 Å². The van der Waals surface area contributed by atoms with Crippen molar-refractivity contribution in [2.24, 2.45) is 0 Å². The second-order valence-corrected chi connectivity index (χ2v) is 19.3. The number of hydrogen-bond acceptors (Lipinski definition) is 13. The lowest BCUT2D eigenvalue weighted by atomic mass is 9.97. The van der Waals surface area contributed by atoms with Gasteiger partial charge in [0, 0.05) is 6.42 Å². The van der Waals surface area contributed by atoms with Gasteiger partial charge in [0.05, 0.1) is 32.0 Å². The molecular formula is C60H99NO13. The van der Waals surface area contributed by atoms with Gasteiger partial charge in [0.25, 0.3) is 0 Å². The summed E-state index contributed by atoms with van der Waals surface area (Å²) in [6.45, 7) is 2.66. The summed E-state index contributed by atoms with van der Waals surface area (Å²) >= 11 is 0. The molecule has 12 unspecified atom stereocenters. The van der Waals surface area contributed by atoms with Gasteiger partial charge in [-0.25, -0.2) is 0 Å². The first kappa shape index (κ1) is 66.8. The van der Waals surface area contributed by atoms with E-state index in [9.17, 15) is 45.6 Å². The number of nitrogens with one attached hydrogen (secondary N) is 1. The van der Waals surface area contributed by atoms with Crippen LogP contribution in [0.2, 0.25) is 0 Å². The minimum atomic E-state index is -1.79. The van der Waals surface area contributed by atoms with Gasteiger partial charge in [-0.05, 0) is 77.0 Å². The third-order valence-corrected chi connectivity index (χ3v) is 13.0. The standard InChI is InChI=1S/C60H99NO13/c1-3-5-7-9-11-13-15-16-17-18-19-20-21-22-23-24-25-26-27-28-29-30-31-32-34-36-38-40-42-44-52(65)61-48(49(64)43-41-39-37-35-33-14-12-10-8-6-4-2)47-71-59-57(70)55(68)58(51(46-63)73-59)74-60-56(69)54(67)53(66)50(45-62)72-60/h5,7,11,13,16-17,19-20,22-23,25-26,28-29,31-32,36,38,48-51,53-60,62-64,66-70H,3-4,6,8-10,12,14-15,18,21,24,27,30,33-35,37,39-47H2,1-2H3,(H,61,65)/b7-5-,13-11-,17-16-,20-19-,23-22-,26-25-,29-28-,32-31-,38-36-. The molecule has 0 spiro atoms. The molecule has 2 aliphatic rings. The van der Waals surface area contributed by atoms with Crippen molar-refractivity contribution in [2.75, 3.05) is 19.8 Å². The summed E-state index contributed by atoms with van der Waals surface area (Å²) in [5.74, 6) is -0.271. The highest BCUT2D eigenvalue weighted by Crippen LogP contribution is 2.30. The molecule has 422 valence electrons. The molecule has 0 bridgehead atoms. The Balaban J connectivity index is 1.76. The van der Waals surface area contributed by atoms with Crippen molar-refractivity contribution in [2.45, 2.75) is 242 Å². The molecule has 2 rings (SSSR count). The van der Waals surface area contributed by atoms with Crippen molar-refractivity contribution < 1.29 is 64.6 Å². The van der Waals surface area contributed by atoms with Gasteiger partial charge in [0.2, 0.25) is 5.91 Å². The SMILES string of the molecule is CC/C=C\C/C=C\C/C=C\C/C=C\C/C=C\C/C=C\C/C=C\C/C=C\C/C=C\CCCC(=O)NC(COC1OC(CO)C(OC2OC(CO)C(O)C(O)C2O)C(O)C1O)C(O)CCCCCCCCCCCCC. The number of hydrogen-bond donors (Lipinski definition) is 9.